The van der Waals surface area contributed by atoms with Crippen LogP contribution < -0.4 is 14.5 Å². The lowest BCUT2D eigenvalue weighted by Crippen LogP contribution is -2.27. The number of rotatable bonds is 5. The lowest BCUT2D eigenvalue weighted by atomic mass is 10.0. The van der Waals surface area contributed by atoms with Gasteiger partial charge in [-0.25, -0.2) is 8.42 Å². The largest absolute Gasteiger partial charge is 0.373 e. The van der Waals surface area contributed by atoms with Crippen LogP contribution in [0.4, 0.5) is 17.1 Å². The summed E-state index contributed by atoms with van der Waals surface area (Å²) in [5.74, 6) is -0.265. The summed E-state index contributed by atoms with van der Waals surface area (Å²) in [6, 6.07) is 20.9. The molecule has 1 N–H and O–H groups in total. The van der Waals surface area contributed by atoms with E-state index >= 15 is 0 Å². The maximum absolute atomic E-state index is 13.3. The van der Waals surface area contributed by atoms with Crippen molar-refractivity contribution in [1.82, 2.24) is 0 Å². The molecule has 1 aliphatic heterocycles. The number of anilines is 3. The summed E-state index contributed by atoms with van der Waals surface area (Å²) in [5, 5.41) is 2.97. The normalized spacial score (nSPS) is 13.1. The Hall–Kier alpha value is -3.32. The fourth-order valence-corrected chi connectivity index (χ4v) is 4.43. The SMILES string of the molecule is CN1CCc2cccc(C(=O)Nc3cc(-c4ccccc4)ccc3N(C)S(C)(=O)=O)c21. The van der Waals surface area contributed by atoms with Crippen molar-refractivity contribution in [2.24, 2.45) is 0 Å². The molecule has 31 heavy (non-hydrogen) atoms. The Morgan fingerprint density at radius 1 is 1.00 bits per heavy atom. The Morgan fingerprint density at radius 2 is 1.74 bits per heavy atom. The fourth-order valence-electron chi connectivity index (χ4n) is 3.92. The number of amides is 1. The number of nitrogens with one attached hydrogen (secondary N) is 1. The van der Waals surface area contributed by atoms with Gasteiger partial charge in [0.1, 0.15) is 0 Å². The van der Waals surface area contributed by atoms with Gasteiger partial charge in [0.25, 0.3) is 5.91 Å². The van der Waals surface area contributed by atoms with Crippen molar-refractivity contribution in [2.45, 2.75) is 6.42 Å². The Bertz CT molecular complexity index is 1240. The van der Waals surface area contributed by atoms with Gasteiger partial charge in [-0.3, -0.25) is 9.10 Å². The monoisotopic (exact) mass is 435 g/mol. The van der Waals surface area contributed by atoms with Gasteiger partial charge in [0.2, 0.25) is 10.0 Å². The minimum atomic E-state index is -3.50. The van der Waals surface area contributed by atoms with E-state index in [1.807, 2.05) is 61.6 Å². The first-order valence-electron chi connectivity index (χ1n) is 10.0. The van der Waals surface area contributed by atoms with Gasteiger partial charge in [-0.05, 0) is 41.3 Å². The summed E-state index contributed by atoms with van der Waals surface area (Å²) in [4.78, 5) is 15.4. The third-order valence-electron chi connectivity index (χ3n) is 5.65. The average Bonchev–Trinajstić information content (AvgIpc) is 3.14. The molecule has 0 saturated heterocycles. The topological polar surface area (TPSA) is 69.7 Å². The Morgan fingerprint density at radius 3 is 2.45 bits per heavy atom. The molecule has 0 unspecified atom stereocenters. The van der Waals surface area contributed by atoms with E-state index in [0.717, 1.165) is 41.6 Å². The van der Waals surface area contributed by atoms with Crippen LogP contribution in [0.5, 0.6) is 0 Å². The molecule has 0 bridgehead atoms. The highest BCUT2D eigenvalue weighted by molar-refractivity contribution is 7.92. The van der Waals surface area contributed by atoms with Crippen LogP contribution in [0.25, 0.3) is 11.1 Å². The second kappa shape index (κ2) is 8.07. The summed E-state index contributed by atoms with van der Waals surface area (Å²) in [5.41, 5.74) is 5.37. The molecule has 0 saturated carbocycles. The lowest BCUT2D eigenvalue weighted by molar-refractivity contribution is 0.102. The second-order valence-electron chi connectivity index (χ2n) is 7.77. The molecule has 7 heteroatoms. The first-order valence-corrected chi connectivity index (χ1v) is 11.9. The average molecular weight is 436 g/mol. The van der Waals surface area contributed by atoms with Crippen LogP contribution in [-0.4, -0.2) is 41.2 Å². The number of para-hydroxylation sites is 1. The van der Waals surface area contributed by atoms with E-state index in [4.69, 9.17) is 0 Å². The number of hydrogen-bond acceptors (Lipinski definition) is 4. The number of nitrogens with zero attached hydrogens (tertiary/aromatic N) is 2. The Balaban J connectivity index is 1.77. The fraction of sp³-hybridized carbons (Fsp3) is 0.208. The molecule has 1 heterocycles. The number of benzene rings is 3. The molecule has 4 rings (SSSR count). The van der Waals surface area contributed by atoms with Crippen molar-refractivity contribution in [3.63, 3.8) is 0 Å². The first-order chi connectivity index (χ1) is 14.8. The van der Waals surface area contributed by atoms with E-state index in [9.17, 15) is 13.2 Å². The van der Waals surface area contributed by atoms with E-state index in [1.165, 1.54) is 11.4 Å². The second-order valence-corrected chi connectivity index (χ2v) is 9.78. The summed E-state index contributed by atoms with van der Waals surface area (Å²) in [7, 11) is -0.0444. The molecule has 0 atom stereocenters. The zero-order valence-corrected chi connectivity index (χ0v) is 18.6. The van der Waals surface area contributed by atoms with Crippen molar-refractivity contribution in [1.29, 1.82) is 0 Å². The molecule has 0 spiro atoms. The van der Waals surface area contributed by atoms with E-state index in [1.54, 1.807) is 12.1 Å². The highest BCUT2D eigenvalue weighted by Gasteiger charge is 2.24. The minimum Gasteiger partial charge on any atom is -0.373 e. The molecule has 3 aromatic carbocycles. The standard InChI is InChI=1S/C24H25N3O3S/c1-26-15-14-18-10-7-11-20(23(18)26)24(28)25-21-16-19(17-8-5-4-6-9-17)12-13-22(21)27(2)31(3,29)30/h4-13,16H,14-15H2,1-3H3,(H,25,28). The van der Waals surface area contributed by atoms with Gasteiger partial charge >= 0.3 is 0 Å². The lowest BCUT2D eigenvalue weighted by Gasteiger charge is -2.22. The van der Waals surface area contributed by atoms with Crippen molar-refractivity contribution < 1.29 is 13.2 Å². The number of sulfonamides is 1. The first kappa shape index (κ1) is 20.9. The van der Waals surface area contributed by atoms with Gasteiger partial charge in [0.05, 0.1) is 28.9 Å². The summed E-state index contributed by atoms with van der Waals surface area (Å²) in [6.07, 6.45) is 2.04. The van der Waals surface area contributed by atoms with Crippen LogP contribution in [0.1, 0.15) is 15.9 Å². The highest BCUT2D eigenvalue weighted by Crippen LogP contribution is 2.35. The van der Waals surface area contributed by atoms with Gasteiger partial charge in [-0.1, -0.05) is 48.5 Å². The van der Waals surface area contributed by atoms with Crippen molar-refractivity contribution in [2.75, 3.05) is 41.4 Å². The molecule has 160 valence electrons. The predicted molar refractivity (Wildman–Crippen MR) is 126 cm³/mol. The number of hydrogen-bond donors (Lipinski definition) is 1. The van der Waals surface area contributed by atoms with Gasteiger partial charge < -0.3 is 10.2 Å². The summed E-state index contributed by atoms with van der Waals surface area (Å²) < 4.78 is 25.6. The quantitative estimate of drug-likeness (QED) is 0.658. The molecule has 0 aromatic heterocycles. The number of fused-ring (bicyclic) bond motifs is 1. The zero-order chi connectivity index (χ0) is 22.2. The van der Waals surface area contributed by atoms with Gasteiger partial charge in [-0.15, -0.1) is 0 Å². The molecule has 0 fully saturated rings. The maximum Gasteiger partial charge on any atom is 0.257 e. The third kappa shape index (κ3) is 4.14. The summed E-state index contributed by atoms with van der Waals surface area (Å²) in [6.45, 7) is 0.866. The zero-order valence-electron chi connectivity index (χ0n) is 17.8. The smallest absolute Gasteiger partial charge is 0.257 e. The van der Waals surface area contributed by atoms with E-state index in [2.05, 4.69) is 10.2 Å². The molecule has 1 aliphatic rings. The van der Waals surface area contributed by atoms with Crippen LogP contribution in [0.15, 0.2) is 66.7 Å². The molecular weight excluding hydrogens is 410 g/mol. The van der Waals surface area contributed by atoms with Crippen LogP contribution in [-0.2, 0) is 16.4 Å². The van der Waals surface area contributed by atoms with E-state index < -0.39 is 10.0 Å². The number of carbonyl (C=O) groups is 1. The van der Waals surface area contributed by atoms with Crippen molar-refractivity contribution >= 4 is 33.0 Å². The van der Waals surface area contributed by atoms with Gasteiger partial charge in [-0.2, -0.15) is 0 Å². The van der Waals surface area contributed by atoms with Gasteiger partial charge in [0.15, 0.2) is 0 Å². The van der Waals surface area contributed by atoms with Crippen LogP contribution in [0, 0.1) is 0 Å². The Labute approximate surface area is 183 Å². The highest BCUT2D eigenvalue weighted by atomic mass is 32.2. The molecule has 0 radical (unpaired) electrons. The minimum absolute atomic E-state index is 0.265. The van der Waals surface area contributed by atoms with E-state index in [0.29, 0.717) is 16.9 Å². The van der Waals surface area contributed by atoms with Crippen molar-refractivity contribution in [3.05, 3.63) is 77.9 Å². The Kier molecular flexibility index (Phi) is 5.45. The number of likely N-dealkylation sites (N-methyl/N-ethyl adjacent to an activating group) is 1. The van der Waals surface area contributed by atoms with Crippen LogP contribution in [0.2, 0.25) is 0 Å². The third-order valence-corrected chi connectivity index (χ3v) is 6.84. The van der Waals surface area contributed by atoms with Crippen LogP contribution in [0.3, 0.4) is 0 Å². The molecule has 1 amide bonds. The molecule has 6 nitrogen and oxygen atoms in total. The molecule has 3 aromatic rings. The maximum atomic E-state index is 13.3. The van der Waals surface area contributed by atoms with E-state index in [-0.39, 0.29) is 5.91 Å². The number of carbonyl (C=O) groups excluding carboxylic acids is 1. The molecular formula is C24H25N3O3S. The van der Waals surface area contributed by atoms with Crippen LogP contribution >= 0.6 is 0 Å². The van der Waals surface area contributed by atoms with Crippen molar-refractivity contribution in [3.8, 4) is 11.1 Å². The molecule has 0 aliphatic carbocycles. The summed E-state index contributed by atoms with van der Waals surface area (Å²) >= 11 is 0. The van der Waals surface area contributed by atoms with Gasteiger partial charge in [0, 0.05) is 20.6 Å². The predicted octanol–water partition coefficient (Wildman–Crippen LogP) is 3.99.